The van der Waals surface area contributed by atoms with Gasteiger partial charge in [-0.05, 0) is 42.8 Å². The Morgan fingerprint density at radius 2 is 2.14 bits per heavy atom. The molecule has 2 unspecified atom stereocenters. The minimum atomic E-state index is -0.780. The zero-order valence-corrected chi connectivity index (χ0v) is 12.6. The Morgan fingerprint density at radius 1 is 1.41 bits per heavy atom. The van der Waals surface area contributed by atoms with Crippen LogP contribution in [-0.4, -0.2) is 22.8 Å². The molecule has 0 saturated carbocycles. The van der Waals surface area contributed by atoms with Gasteiger partial charge in [-0.1, -0.05) is 18.5 Å². The standard InChI is InChI=1S/C16H13ClFN3O/c1-2-13-15(22)19-12-7-9-8-16(9,17)20-14(12)21(13)11-5-3-10(18)4-6-11/h3-8,13H,2H2,1H3,(H,19,22). The first-order valence-electron chi connectivity index (χ1n) is 7.11. The van der Waals surface area contributed by atoms with Crippen LogP contribution in [-0.2, 0) is 4.79 Å². The summed E-state index contributed by atoms with van der Waals surface area (Å²) in [5, 5.41) is 2.88. The summed E-state index contributed by atoms with van der Waals surface area (Å²) in [6, 6.07) is 5.64. The molecule has 1 amide bonds. The van der Waals surface area contributed by atoms with Crippen molar-refractivity contribution < 1.29 is 9.18 Å². The van der Waals surface area contributed by atoms with Gasteiger partial charge in [-0.15, -0.1) is 0 Å². The molecule has 22 heavy (non-hydrogen) atoms. The lowest BCUT2D eigenvalue weighted by molar-refractivity contribution is -0.121. The van der Waals surface area contributed by atoms with Gasteiger partial charge in [0.05, 0.1) is 5.70 Å². The lowest BCUT2D eigenvalue weighted by Gasteiger charge is -2.39. The molecule has 1 saturated heterocycles. The van der Waals surface area contributed by atoms with Crippen molar-refractivity contribution in [3.63, 3.8) is 0 Å². The van der Waals surface area contributed by atoms with Crippen LogP contribution >= 0.6 is 11.6 Å². The van der Waals surface area contributed by atoms with Gasteiger partial charge >= 0.3 is 0 Å². The Balaban J connectivity index is 1.83. The number of nitrogens with zero attached hydrogens (tertiary/aromatic N) is 2. The molecule has 2 heterocycles. The predicted octanol–water partition coefficient (Wildman–Crippen LogP) is 2.71. The van der Waals surface area contributed by atoms with Crippen LogP contribution in [0.25, 0.3) is 0 Å². The van der Waals surface area contributed by atoms with Crippen LogP contribution in [0.5, 0.6) is 0 Å². The molecule has 0 bridgehead atoms. The first-order chi connectivity index (χ1) is 10.5. The van der Waals surface area contributed by atoms with Gasteiger partial charge in [0.2, 0.25) is 5.91 Å². The Kier molecular flexibility index (Phi) is 2.72. The zero-order valence-electron chi connectivity index (χ0n) is 11.8. The fourth-order valence-corrected chi connectivity index (χ4v) is 3.12. The van der Waals surface area contributed by atoms with E-state index in [9.17, 15) is 9.18 Å². The highest BCUT2D eigenvalue weighted by atomic mass is 35.5. The topological polar surface area (TPSA) is 44.7 Å². The van der Waals surface area contributed by atoms with Gasteiger partial charge < -0.3 is 10.2 Å². The number of dihydropyridines is 1. The fraction of sp³-hybridized carbons (Fsp3) is 0.250. The van der Waals surface area contributed by atoms with Crippen molar-refractivity contribution in [3.8, 4) is 0 Å². The molecular weight excluding hydrogens is 305 g/mol. The van der Waals surface area contributed by atoms with Crippen molar-refractivity contribution in [2.45, 2.75) is 24.4 Å². The van der Waals surface area contributed by atoms with Gasteiger partial charge in [0, 0.05) is 11.3 Å². The maximum absolute atomic E-state index is 13.2. The second kappa shape index (κ2) is 4.43. The largest absolute Gasteiger partial charge is 0.321 e. The molecule has 1 fully saturated rings. The van der Waals surface area contributed by atoms with Crippen LogP contribution in [0, 0.1) is 5.82 Å². The fourth-order valence-electron chi connectivity index (χ4n) is 2.87. The van der Waals surface area contributed by atoms with Crippen molar-refractivity contribution >= 4 is 29.0 Å². The lowest BCUT2D eigenvalue weighted by atomic mass is 10.0. The summed E-state index contributed by atoms with van der Waals surface area (Å²) in [5.41, 5.74) is 2.25. The maximum atomic E-state index is 13.2. The van der Waals surface area contributed by atoms with Crippen LogP contribution in [0.3, 0.4) is 0 Å². The Labute approximate surface area is 132 Å². The first-order valence-corrected chi connectivity index (χ1v) is 7.49. The van der Waals surface area contributed by atoms with Gasteiger partial charge in [-0.25, -0.2) is 9.38 Å². The molecule has 1 aliphatic carbocycles. The number of rotatable bonds is 2. The van der Waals surface area contributed by atoms with Crippen LogP contribution in [0.1, 0.15) is 13.3 Å². The Morgan fingerprint density at radius 3 is 2.82 bits per heavy atom. The number of halogens is 2. The number of hydrogen-bond acceptors (Lipinski definition) is 3. The zero-order chi connectivity index (χ0) is 15.5. The van der Waals surface area contributed by atoms with E-state index in [1.54, 1.807) is 12.1 Å². The van der Waals surface area contributed by atoms with E-state index in [2.05, 4.69) is 10.3 Å². The minimum absolute atomic E-state index is 0.0969. The summed E-state index contributed by atoms with van der Waals surface area (Å²) in [5.74, 6) is 0.200. The predicted molar refractivity (Wildman–Crippen MR) is 83.3 cm³/mol. The van der Waals surface area contributed by atoms with E-state index in [-0.39, 0.29) is 11.7 Å². The molecule has 0 aromatic heterocycles. The molecule has 1 aromatic rings. The summed E-state index contributed by atoms with van der Waals surface area (Å²) in [7, 11) is 0. The number of anilines is 1. The van der Waals surface area contributed by atoms with E-state index in [0.717, 1.165) is 11.3 Å². The summed E-state index contributed by atoms with van der Waals surface area (Å²) >= 11 is 6.35. The van der Waals surface area contributed by atoms with Crippen molar-refractivity contribution in [2.24, 2.45) is 4.99 Å². The molecule has 112 valence electrons. The highest BCUT2D eigenvalue weighted by molar-refractivity contribution is 6.33. The number of amidine groups is 1. The van der Waals surface area contributed by atoms with E-state index in [4.69, 9.17) is 11.6 Å². The number of fused-ring (bicyclic) bond motifs is 2. The second-order valence-electron chi connectivity index (χ2n) is 5.53. The molecule has 1 aromatic carbocycles. The Hall–Kier alpha value is -2.14. The molecule has 4 rings (SSSR count). The van der Waals surface area contributed by atoms with Crippen molar-refractivity contribution in [3.05, 3.63) is 53.5 Å². The molecule has 2 aliphatic heterocycles. The SMILES string of the molecule is CCC1C(=O)NC2=CC3=CC3(Cl)N=C2N1c1ccc(F)cc1. The number of carbonyl (C=O) groups is 1. The number of amides is 1. The minimum Gasteiger partial charge on any atom is -0.321 e. The molecule has 3 aliphatic rings. The monoisotopic (exact) mass is 317 g/mol. The number of benzene rings is 1. The second-order valence-corrected chi connectivity index (χ2v) is 6.10. The van der Waals surface area contributed by atoms with Crippen molar-refractivity contribution in [2.75, 3.05) is 4.90 Å². The quantitative estimate of drug-likeness (QED) is 0.673. The molecule has 6 heteroatoms. The number of aliphatic imine (C=N–C) groups is 1. The van der Waals surface area contributed by atoms with Crippen molar-refractivity contribution in [1.29, 1.82) is 0 Å². The van der Waals surface area contributed by atoms with Crippen LogP contribution in [0.4, 0.5) is 10.1 Å². The number of hydrogen-bond donors (Lipinski definition) is 1. The summed E-state index contributed by atoms with van der Waals surface area (Å²) in [6.45, 7) is 1.93. The normalized spacial score (nSPS) is 28.9. The highest BCUT2D eigenvalue weighted by Crippen LogP contribution is 2.47. The molecule has 0 radical (unpaired) electrons. The van der Waals surface area contributed by atoms with Crippen LogP contribution < -0.4 is 10.2 Å². The van der Waals surface area contributed by atoms with E-state index < -0.39 is 11.0 Å². The smallest absolute Gasteiger partial charge is 0.247 e. The first kappa shape index (κ1) is 13.5. The number of piperazine rings is 1. The lowest BCUT2D eigenvalue weighted by Crippen LogP contribution is -2.58. The Bertz CT molecular complexity index is 768. The van der Waals surface area contributed by atoms with Crippen molar-refractivity contribution in [1.82, 2.24) is 5.32 Å². The van der Waals surface area contributed by atoms with Gasteiger partial charge in [0.25, 0.3) is 0 Å². The van der Waals surface area contributed by atoms with Gasteiger partial charge in [0.15, 0.2) is 10.8 Å². The van der Waals surface area contributed by atoms with Gasteiger partial charge in [-0.3, -0.25) is 4.79 Å². The summed E-state index contributed by atoms with van der Waals surface area (Å²) < 4.78 is 13.2. The molecule has 0 spiro atoms. The molecule has 1 N–H and O–H groups in total. The maximum Gasteiger partial charge on any atom is 0.247 e. The summed E-state index contributed by atoms with van der Waals surface area (Å²) in [6.07, 6.45) is 4.28. The van der Waals surface area contributed by atoms with Gasteiger partial charge in [0.1, 0.15) is 11.9 Å². The highest BCUT2D eigenvalue weighted by Gasteiger charge is 2.48. The van der Waals surface area contributed by atoms with E-state index in [1.165, 1.54) is 12.1 Å². The third-order valence-corrected chi connectivity index (χ3v) is 4.48. The number of nitrogens with one attached hydrogen (secondary N) is 1. The summed E-state index contributed by atoms with van der Waals surface area (Å²) in [4.78, 5) is 18.0. The average molecular weight is 318 g/mol. The number of alkyl halides is 1. The average Bonchev–Trinajstić information content (AvgIpc) is 3.15. The molecule has 4 nitrogen and oxygen atoms in total. The molecule has 2 atom stereocenters. The van der Waals surface area contributed by atoms with E-state index in [0.29, 0.717) is 18.0 Å². The van der Waals surface area contributed by atoms with E-state index in [1.807, 2.05) is 24.0 Å². The molecular formula is C16H13ClFN3O. The third kappa shape index (κ3) is 1.89. The third-order valence-electron chi connectivity index (χ3n) is 4.07. The number of carbonyl (C=O) groups excluding carboxylic acids is 1. The van der Waals surface area contributed by atoms with Crippen LogP contribution in [0.2, 0.25) is 0 Å². The van der Waals surface area contributed by atoms with E-state index >= 15 is 0 Å². The van der Waals surface area contributed by atoms with Crippen LogP contribution in [0.15, 0.2) is 52.7 Å². The van der Waals surface area contributed by atoms with Gasteiger partial charge in [-0.2, -0.15) is 0 Å².